The van der Waals surface area contributed by atoms with E-state index in [0.717, 1.165) is 0 Å². The predicted molar refractivity (Wildman–Crippen MR) is 153 cm³/mol. The van der Waals surface area contributed by atoms with Crippen LogP contribution in [0.5, 0.6) is 11.5 Å². The molecule has 0 bridgehead atoms. The summed E-state index contributed by atoms with van der Waals surface area (Å²) in [6.45, 7) is -0.0519. The van der Waals surface area contributed by atoms with Gasteiger partial charge in [-0.1, -0.05) is 35.3 Å². The van der Waals surface area contributed by atoms with Crippen LogP contribution in [0.4, 0.5) is 5.69 Å². The van der Waals surface area contributed by atoms with Crippen molar-refractivity contribution < 1.29 is 27.5 Å². The molecule has 10 nitrogen and oxygen atoms in total. The van der Waals surface area contributed by atoms with Gasteiger partial charge in [0.25, 0.3) is 11.8 Å². The Morgan fingerprint density at radius 3 is 2.55 bits per heavy atom. The van der Waals surface area contributed by atoms with Gasteiger partial charge in [0.15, 0.2) is 18.1 Å². The molecule has 3 aromatic carbocycles. The Morgan fingerprint density at radius 2 is 1.82 bits per heavy atom. The molecule has 1 aliphatic rings. The van der Waals surface area contributed by atoms with Crippen molar-refractivity contribution in [3.8, 4) is 11.5 Å². The van der Waals surface area contributed by atoms with Crippen molar-refractivity contribution >= 4 is 56.9 Å². The Bertz CT molecular complexity index is 1520. The first-order valence-corrected chi connectivity index (χ1v) is 14.3. The maximum absolute atomic E-state index is 13.1. The van der Waals surface area contributed by atoms with E-state index in [4.69, 9.17) is 32.7 Å². The van der Waals surface area contributed by atoms with Gasteiger partial charge in [-0.2, -0.15) is 9.41 Å². The Kier molecular flexibility index (Phi) is 9.64. The molecule has 4 rings (SSSR count). The molecule has 2 N–H and O–H groups in total. The lowest BCUT2D eigenvalue weighted by Crippen LogP contribution is -2.44. The fourth-order valence-corrected chi connectivity index (χ4v) is 6.02. The van der Waals surface area contributed by atoms with Crippen molar-refractivity contribution in [2.75, 3.05) is 25.6 Å². The molecule has 0 unspecified atom stereocenters. The zero-order valence-corrected chi connectivity index (χ0v) is 23.7. The number of carbonyl (C=O) groups excluding carboxylic acids is 2. The molecule has 1 fully saturated rings. The molecule has 1 aliphatic heterocycles. The fraction of sp³-hybridized carbons (Fsp3) is 0.222. The third-order valence-corrected chi connectivity index (χ3v) is 8.51. The number of nitrogens with one attached hydrogen (secondary N) is 2. The van der Waals surface area contributed by atoms with E-state index in [1.54, 1.807) is 42.5 Å². The van der Waals surface area contributed by atoms with Crippen LogP contribution < -0.4 is 20.2 Å². The van der Waals surface area contributed by atoms with Gasteiger partial charge in [-0.15, -0.1) is 0 Å². The lowest BCUT2D eigenvalue weighted by atomic mass is 10.2. The Labute approximate surface area is 241 Å². The van der Waals surface area contributed by atoms with Crippen LogP contribution in [-0.2, 0) is 19.6 Å². The highest BCUT2D eigenvalue weighted by molar-refractivity contribution is 7.89. The maximum atomic E-state index is 13.1. The highest BCUT2D eigenvalue weighted by Gasteiger charge is 2.39. The summed E-state index contributed by atoms with van der Waals surface area (Å²) >= 11 is 11.9. The van der Waals surface area contributed by atoms with Gasteiger partial charge in [0.2, 0.25) is 10.0 Å². The summed E-state index contributed by atoms with van der Waals surface area (Å²) in [7, 11) is -2.43. The highest BCUT2D eigenvalue weighted by atomic mass is 35.5. The number of amides is 2. The van der Waals surface area contributed by atoms with Crippen LogP contribution in [0.15, 0.2) is 76.7 Å². The van der Waals surface area contributed by atoms with E-state index in [9.17, 15) is 18.0 Å². The summed E-state index contributed by atoms with van der Waals surface area (Å²) in [6.07, 6.45) is 2.31. The first kappa shape index (κ1) is 29.3. The molecule has 40 heavy (non-hydrogen) atoms. The van der Waals surface area contributed by atoms with Crippen molar-refractivity contribution in [3.63, 3.8) is 0 Å². The monoisotopic (exact) mass is 604 g/mol. The summed E-state index contributed by atoms with van der Waals surface area (Å²) in [5, 5.41) is 7.48. The molecule has 2 amide bonds. The van der Waals surface area contributed by atoms with Gasteiger partial charge in [-0.25, -0.2) is 13.8 Å². The third-order valence-electron chi connectivity index (χ3n) is 6.01. The SMILES string of the molecule is COc1cc(/C=N\NC(=O)[C@@H]2CCCN2S(=O)(=O)c2ccc(Cl)cc2)ccc1OCC(=O)Nc1ccccc1Cl. The maximum Gasteiger partial charge on any atom is 0.262 e. The second kappa shape index (κ2) is 13.1. The first-order valence-electron chi connectivity index (χ1n) is 12.1. The minimum atomic E-state index is -3.88. The second-order valence-corrected chi connectivity index (χ2v) is 11.4. The first-order chi connectivity index (χ1) is 19.2. The van der Waals surface area contributed by atoms with Crippen LogP contribution in [0, 0.1) is 0 Å². The average Bonchev–Trinajstić information content (AvgIpc) is 3.45. The number of carbonyl (C=O) groups is 2. The normalized spacial score (nSPS) is 15.6. The number of para-hydroxylation sites is 1. The minimum Gasteiger partial charge on any atom is -0.493 e. The Balaban J connectivity index is 1.35. The molecule has 1 atom stereocenters. The quantitative estimate of drug-likeness (QED) is 0.262. The summed E-state index contributed by atoms with van der Waals surface area (Å²) < 4.78 is 38.3. The second-order valence-electron chi connectivity index (χ2n) is 8.69. The highest BCUT2D eigenvalue weighted by Crippen LogP contribution is 2.29. The molecule has 1 heterocycles. The zero-order chi connectivity index (χ0) is 28.7. The summed E-state index contributed by atoms with van der Waals surface area (Å²) in [5.74, 6) is -0.269. The van der Waals surface area contributed by atoms with Crippen LogP contribution in [-0.4, -0.2) is 57.1 Å². The van der Waals surface area contributed by atoms with Gasteiger partial charge in [0.1, 0.15) is 6.04 Å². The van der Waals surface area contributed by atoms with Gasteiger partial charge in [0.05, 0.1) is 28.9 Å². The number of anilines is 1. The summed E-state index contributed by atoms with van der Waals surface area (Å²) in [4.78, 5) is 25.1. The number of hydrazone groups is 1. The Hall–Kier alpha value is -3.64. The molecule has 0 saturated carbocycles. The van der Waals surface area contributed by atoms with E-state index in [2.05, 4.69) is 15.8 Å². The molecule has 1 saturated heterocycles. The molecule has 0 spiro atoms. The lowest BCUT2D eigenvalue weighted by molar-refractivity contribution is -0.124. The predicted octanol–water partition coefficient (Wildman–Crippen LogP) is 4.32. The number of benzene rings is 3. The van der Waals surface area contributed by atoms with Gasteiger partial charge >= 0.3 is 0 Å². The summed E-state index contributed by atoms with van der Waals surface area (Å²) in [6, 6.07) is 16.6. The number of hydrogen-bond acceptors (Lipinski definition) is 7. The molecular weight excluding hydrogens is 579 g/mol. The van der Waals surface area contributed by atoms with Crippen molar-refractivity contribution in [2.45, 2.75) is 23.8 Å². The molecule has 3 aromatic rings. The van der Waals surface area contributed by atoms with E-state index in [-0.39, 0.29) is 18.0 Å². The number of hydrogen-bond donors (Lipinski definition) is 2. The van der Waals surface area contributed by atoms with E-state index in [0.29, 0.717) is 45.6 Å². The van der Waals surface area contributed by atoms with Crippen LogP contribution in [0.2, 0.25) is 10.0 Å². The number of nitrogens with zero attached hydrogens (tertiary/aromatic N) is 2. The van der Waals surface area contributed by atoms with E-state index in [1.807, 2.05) is 0 Å². The molecule has 0 aliphatic carbocycles. The van der Waals surface area contributed by atoms with Crippen LogP contribution >= 0.6 is 23.2 Å². The number of halogens is 2. The third kappa shape index (κ3) is 7.11. The number of ether oxygens (including phenoxy) is 2. The Morgan fingerprint density at radius 1 is 1.07 bits per heavy atom. The fourth-order valence-electron chi connectivity index (χ4n) is 4.05. The molecule has 210 valence electrons. The summed E-state index contributed by atoms with van der Waals surface area (Å²) in [5.41, 5.74) is 3.47. The number of rotatable bonds is 10. The van der Waals surface area contributed by atoms with E-state index in [1.165, 1.54) is 41.9 Å². The smallest absolute Gasteiger partial charge is 0.262 e. The van der Waals surface area contributed by atoms with Crippen molar-refractivity contribution in [1.29, 1.82) is 0 Å². The van der Waals surface area contributed by atoms with Crippen molar-refractivity contribution in [3.05, 3.63) is 82.3 Å². The zero-order valence-electron chi connectivity index (χ0n) is 21.3. The molecule has 0 aromatic heterocycles. The van der Waals surface area contributed by atoms with Crippen LogP contribution in [0.25, 0.3) is 0 Å². The molecular formula is C27H26Cl2N4O6S. The largest absolute Gasteiger partial charge is 0.493 e. The van der Waals surface area contributed by atoms with Gasteiger partial charge in [-0.3, -0.25) is 9.59 Å². The van der Waals surface area contributed by atoms with Gasteiger partial charge in [-0.05, 0) is 73.0 Å². The standard InChI is InChI=1S/C27H26Cl2N4O6S/c1-38-25-15-18(8-13-24(25)39-17-26(34)31-22-6-3-2-5-21(22)29)16-30-32-27(35)23-7-4-14-33(23)40(36,37)20-11-9-19(28)10-12-20/h2-3,5-6,8-13,15-16,23H,4,7,14,17H2,1H3,(H,31,34)(H,32,35)/b30-16-/t23-/m0/s1. The van der Waals surface area contributed by atoms with E-state index < -0.39 is 27.9 Å². The lowest BCUT2D eigenvalue weighted by Gasteiger charge is -2.22. The average molecular weight is 606 g/mol. The van der Waals surface area contributed by atoms with Gasteiger partial charge < -0.3 is 14.8 Å². The number of sulfonamides is 1. The molecule has 0 radical (unpaired) electrons. The van der Waals surface area contributed by atoms with Gasteiger partial charge in [0, 0.05) is 11.6 Å². The number of methoxy groups -OCH3 is 1. The van der Waals surface area contributed by atoms with Crippen LogP contribution in [0.1, 0.15) is 18.4 Å². The molecule has 13 heteroatoms. The van der Waals surface area contributed by atoms with Crippen molar-refractivity contribution in [1.82, 2.24) is 9.73 Å². The van der Waals surface area contributed by atoms with E-state index >= 15 is 0 Å². The minimum absolute atomic E-state index is 0.0656. The van der Waals surface area contributed by atoms with Crippen molar-refractivity contribution in [2.24, 2.45) is 5.10 Å². The van der Waals surface area contributed by atoms with Crippen LogP contribution in [0.3, 0.4) is 0 Å². The topological polar surface area (TPSA) is 126 Å².